The van der Waals surface area contributed by atoms with Crippen molar-refractivity contribution < 1.29 is 9.53 Å². The molecule has 15 heavy (non-hydrogen) atoms. The molecule has 2 atom stereocenters. The minimum Gasteiger partial charge on any atom is -0.376 e. The van der Waals surface area contributed by atoms with Gasteiger partial charge in [-0.25, -0.2) is 0 Å². The van der Waals surface area contributed by atoms with E-state index in [-0.39, 0.29) is 12.1 Å². The number of amides is 1. The first kappa shape index (κ1) is 12.5. The first-order valence-electron chi connectivity index (χ1n) is 6.05. The zero-order valence-electron chi connectivity index (χ0n) is 9.87. The zero-order chi connectivity index (χ0) is 11.1. The fourth-order valence-electron chi connectivity index (χ4n) is 2.03. The lowest BCUT2D eigenvalue weighted by atomic mass is 9.90. The van der Waals surface area contributed by atoms with Gasteiger partial charge in [-0.05, 0) is 32.6 Å². The number of hydrogen-bond acceptors (Lipinski definition) is 2. The van der Waals surface area contributed by atoms with Crippen molar-refractivity contribution in [1.82, 2.24) is 5.32 Å². The van der Waals surface area contributed by atoms with Gasteiger partial charge in [-0.15, -0.1) is 0 Å². The van der Waals surface area contributed by atoms with Crippen molar-refractivity contribution in [2.75, 3.05) is 6.61 Å². The molecule has 1 amide bonds. The number of carbonyl (C=O) groups excluding carboxylic acids is 1. The molecule has 3 heteroatoms. The van der Waals surface area contributed by atoms with E-state index < -0.39 is 0 Å². The molecule has 0 saturated heterocycles. The maximum absolute atomic E-state index is 10.3. The van der Waals surface area contributed by atoms with Gasteiger partial charge in [0.05, 0.1) is 12.1 Å². The normalized spacial score (nSPS) is 22.0. The van der Waals surface area contributed by atoms with Crippen molar-refractivity contribution in [3.63, 3.8) is 0 Å². The predicted octanol–water partition coefficient (Wildman–Crippen LogP) is 2.11. The molecule has 1 N–H and O–H groups in total. The first-order chi connectivity index (χ1) is 7.24. The molecule has 1 saturated carbocycles. The van der Waals surface area contributed by atoms with Crippen LogP contribution < -0.4 is 5.32 Å². The molecule has 1 fully saturated rings. The largest absolute Gasteiger partial charge is 0.376 e. The van der Waals surface area contributed by atoms with Gasteiger partial charge in [0.25, 0.3) is 0 Å². The summed E-state index contributed by atoms with van der Waals surface area (Å²) < 4.78 is 5.77. The highest BCUT2D eigenvalue weighted by atomic mass is 16.5. The Labute approximate surface area is 92.6 Å². The fourth-order valence-corrected chi connectivity index (χ4v) is 2.03. The molecule has 3 nitrogen and oxygen atoms in total. The molecule has 0 aromatic heterocycles. The Morgan fingerprint density at radius 1 is 1.33 bits per heavy atom. The average molecular weight is 213 g/mol. The molecular formula is C12H23NO2. The van der Waals surface area contributed by atoms with E-state index in [0.29, 0.717) is 0 Å². The Kier molecular flexibility index (Phi) is 5.69. The van der Waals surface area contributed by atoms with Crippen LogP contribution in [0.1, 0.15) is 46.0 Å². The van der Waals surface area contributed by atoms with E-state index in [0.717, 1.165) is 18.9 Å². The van der Waals surface area contributed by atoms with Gasteiger partial charge in [-0.3, -0.25) is 4.79 Å². The molecule has 0 aromatic rings. The molecule has 0 aromatic carbocycles. The van der Waals surface area contributed by atoms with E-state index in [1.165, 1.54) is 32.1 Å². The van der Waals surface area contributed by atoms with E-state index in [9.17, 15) is 4.79 Å². The summed E-state index contributed by atoms with van der Waals surface area (Å²) in [6.07, 6.45) is 7.55. The maximum atomic E-state index is 10.3. The van der Waals surface area contributed by atoms with Crippen LogP contribution in [0, 0.1) is 5.92 Å². The molecule has 0 spiro atoms. The van der Waals surface area contributed by atoms with Crippen molar-refractivity contribution in [2.45, 2.75) is 58.1 Å². The second kappa shape index (κ2) is 6.83. The van der Waals surface area contributed by atoms with Crippen molar-refractivity contribution in [3.05, 3.63) is 0 Å². The van der Waals surface area contributed by atoms with E-state index in [4.69, 9.17) is 4.74 Å². The second-order valence-corrected chi connectivity index (χ2v) is 4.62. The molecule has 1 rings (SSSR count). The molecule has 0 heterocycles. The molecule has 0 aliphatic heterocycles. The van der Waals surface area contributed by atoms with E-state index >= 15 is 0 Å². The molecule has 1 aliphatic rings. The first-order valence-corrected chi connectivity index (χ1v) is 6.05. The molecular weight excluding hydrogens is 190 g/mol. The highest BCUT2D eigenvalue weighted by Crippen LogP contribution is 2.24. The van der Waals surface area contributed by atoms with Crippen molar-refractivity contribution in [1.29, 1.82) is 0 Å². The lowest BCUT2D eigenvalue weighted by molar-refractivity contribution is -0.111. The second-order valence-electron chi connectivity index (χ2n) is 4.62. The number of nitrogens with one attached hydrogen (secondary N) is 1. The monoisotopic (exact) mass is 213 g/mol. The third kappa shape index (κ3) is 4.65. The van der Waals surface area contributed by atoms with Crippen LogP contribution in [0.4, 0.5) is 0 Å². The molecule has 0 bridgehead atoms. The SMILES string of the molecule is C[C@@H](NC=O)[C@@H](C)OCC1CCCCC1. The predicted molar refractivity (Wildman–Crippen MR) is 60.7 cm³/mol. The lowest BCUT2D eigenvalue weighted by Crippen LogP contribution is -2.37. The molecule has 0 unspecified atom stereocenters. The summed E-state index contributed by atoms with van der Waals surface area (Å²) in [6, 6.07) is 0.103. The van der Waals surface area contributed by atoms with Crippen LogP contribution in [0.25, 0.3) is 0 Å². The number of carbonyl (C=O) groups is 1. The van der Waals surface area contributed by atoms with Crippen LogP contribution >= 0.6 is 0 Å². The Balaban J connectivity index is 2.14. The van der Waals surface area contributed by atoms with Crippen LogP contribution in [-0.4, -0.2) is 25.2 Å². The summed E-state index contributed by atoms with van der Waals surface area (Å²) in [6.45, 7) is 4.84. The minimum absolute atomic E-state index is 0.103. The Hall–Kier alpha value is -0.570. The minimum atomic E-state index is 0.103. The van der Waals surface area contributed by atoms with Gasteiger partial charge in [0.15, 0.2) is 0 Å². The fraction of sp³-hybridized carbons (Fsp3) is 0.917. The van der Waals surface area contributed by atoms with Crippen LogP contribution in [0.5, 0.6) is 0 Å². The standard InChI is InChI=1S/C12H23NO2/c1-10(13-9-14)11(2)15-8-12-6-4-3-5-7-12/h9-12H,3-8H2,1-2H3,(H,13,14)/t10-,11-/m1/s1. The number of rotatable bonds is 6. The van der Waals surface area contributed by atoms with Crippen LogP contribution in [0.15, 0.2) is 0 Å². The summed E-state index contributed by atoms with van der Waals surface area (Å²) in [5, 5.41) is 2.73. The van der Waals surface area contributed by atoms with Crippen LogP contribution in [0.2, 0.25) is 0 Å². The summed E-state index contributed by atoms with van der Waals surface area (Å²) in [5.41, 5.74) is 0. The van der Waals surface area contributed by atoms with Gasteiger partial charge in [-0.2, -0.15) is 0 Å². The van der Waals surface area contributed by atoms with Gasteiger partial charge in [-0.1, -0.05) is 19.3 Å². The summed E-state index contributed by atoms with van der Waals surface area (Å²) in [4.78, 5) is 10.3. The third-order valence-electron chi connectivity index (χ3n) is 3.35. The summed E-state index contributed by atoms with van der Waals surface area (Å²) >= 11 is 0. The molecule has 1 aliphatic carbocycles. The van der Waals surface area contributed by atoms with Crippen LogP contribution in [-0.2, 0) is 9.53 Å². The van der Waals surface area contributed by atoms with Gasteiger partial charge in [0, 0.05) is 6.61 Å². The summed E-state index contributed by atoms with van der Waals surface area (Å²) in [5.74, 6) is 0.740. The smallest absolute Gasteiger partial charge is 0.207 e. The van der Waals surface area contributed by atoms with E-state index in [1.54, 1.807) is 0 Å². The molecule has 88 valence electrons. The van der Waals surface area contributed by atoms with Crippen molar-refractivity contribution in [3.8, 4) is 0 Å². The maximum Gasteiger partial charge on any atom is 0.207 e. The highest BCUT2D eigenvalue weighted by molar-refractivity contribution is 5.46. The van der Waals surface area contributed by atoms with Gasteiger partial charge in [0.1, 0.15) is 0 Å². The third-order valence-corrected chi connectivity index (χ3v) is 3.35. The van der Waals surface area contributed by atoms with Gasteiger partial charge < -0.3 is 10.1 Å². The quantitative estimate of drug-likeness (QED) is 0.686. The van der Waals surface area contributed by atoms with Crippen molar-refractivity contribution >= 4 is 6.41 Å². The number of ether oxygens (including phenoxy) is 1. The summed E-state index contributed by atoms with van der Waals surface area (Å²) in [7, 11) is 0. The van der Waals surface area contributed by atoms with Gasteiger partial charge in [0.2, 0.25) is 6.41 Å². The van der Waals surface area contributed by atoms with E-state index in [1.807, 2.05) is 13.8 Å². The molecule has 0 radical (unpaired) electrons. The highest BCUT2D eigenvalue weighted by Gasteiger charge is 2.17. The van der Waals surface area contributed by atoms with E-state index in [2.05, 4.69) is 5.32 Å². The zero-order valence-corrected chi connectivity index (χ0v) is 9.87. The average Bonchev–Trinajstić information content (AvgIpc) is 2.27. The Bertz CT molecular complexity index is 178. The van der Waals surface area contributed by atoms with Crippen LogP contribution in [0.3, 0.4) is 0 Å². The topological polar surface area (TPSA) is 38.3 Å². The Morgan fingerprint density at radius 2 is 2.00 bits per heavy atom. The van der Waals surface area contributed by atoms with Crippen molar-refractivity contribution in [2.24, 2.45) is 5.92 Å². The lowest BCUT2D eigenvalue weighted by Gasteiger charge is -2.25. The number of hydrogen-bond donors (Lipinski definition) is 1. The van der Waals surface area contributed by atoms with Gasteiger partial charge >= 0.3 is 0 Å². The Morgan fingerprint density at radius 3 is 2.60 bits per heavy atom.